The number of rotatable bonds is 6. The van der Waals surface area contributed by atoms with E-state index in [4.69, 9.17) is 4.74 Å². The topological polar surface area (TPSA) is 114 Å². The molecule has 0 amide bonds. The van der Waals surface area contributed by atoms with Crippen LogP contribution in [0.5, 0.6) is 11.5 Å². The van der Waals surface area contributed by atoms with E-state index in [1.54, 1.807) is 10.9 Å². The fourth-order valence-electron chi connectivity index (χ4n) is 2.40. The van der Waals surface area contributed by atoms with Crippen molar-refractivity contribution in [1.29, 1.82) is 0 Å². The van der Waals surface area contributed by atoms with Gasteiger partial charge in [0, 0.05) is 5.10 Å². The van der Waals surface area contributed by atoms with E-state index in [1.165, 1.54) is 11.0 Å². The van der Waals surface area contributed by atoms with Crippen molar-refractivity contribution in [3.63, 3.8) is 0 Å². The first-order chi connectivity index (χ1) is 13.2. The van der Waals surface area contributed by atoms with Crippen LogP contribution in [-0.4, -0.2) is 34.7 Å². The van der Waals surface area contributed by atoms with Crippen molar-refractivity contribution in [2.75, 3.05) is 0 Å². The van der Waals surface area contributed by atoms with Gasteiger partial charge in [-0.05, 0) is 41.3 Å². The molecule has 2 aromatic heterocycles. The van der Waals surface area contributed by atoms with Crippen LogP contribution in [0.25, 0.3) is 5.69 Å². The van der Waals surface area contributed by atoms with Crippen LogP contribution in [-0.2, 0) is 6.54 Å². The molecule has 2 aromatic carbocycles. The standard InChI is InChI=1S/C17H13N7O3/c25-24(26)17-18-12-22(20-17)10-13-11-23(21-19-13)14-6-8-16(9-7-14)27-15-4-2-1-3-5-15/h1-9,11-12H,10H2. The summed E-state index contributed by atoms with van der Waals surface area (Å²) in [5.41, 5.74) is 1.40. The van der Waals surface area contributed by atoms with Crippen LogP contribution in [0.3, 0.4) is 0 Å². The third-order valence-electron chi connectivity index (χ3n) is 3.63. The van der Waals surface area contributed by atoms with Gasteiger partial charge < -0.3 is 14.9 Å². The van der Waals surface area contributed by atoms with E-state index in [0.717, 1.165) is 11.4 Å². The van der Waals surface area contributed by atoms with E-state index >= 15 is 0 Å². The fourth-order valence-corrected chi connectivity index (χ4v) is 2.40. The molecule has 10 heteroatoms. The number of para-hydroxylation sites is 1. The SMILES string of the molecule is O=[N+]([O-])c1ncn(Cc2cn(-c3ccc(Oc4ccccc4)cc3)nn2)n1. The van der Waals surface area contributed by atoms with Crippen molar-refractivity contribution in [1.82, 2.24) is 29.8 Å². The number of hydrogen-bond donors (Lipinski definition) is 0. The van der Waals surface area contributed by atoms with Crippen molar-refractivity contribution < 1.29 is 9.66 Å². The maximum atomic E-state index is 10.6. The van der Waals surface area contributed by atoms with Gasteiger partial charge in [0.25, 0.3) is 0 Å². The molecule has 4 aromatic rings. The van der Waals surface area contributed by atoms with Crippen LogP contribution in [0.2, 0.25) is 0 Å². The highest BCUT2D eigenvalue weighted by Gasteiger charge is 2.14. The molecule has 0 aliphatic carbocycles. The third kappa shape index (κ3) is 3.79. The Balaban J connectivity index is 1.45. The van der Waals surface area contributed by atoms with Gasteiger partial charge in [0.15, 0.2) is 0 Å². The molecule has 0 atom stereocenters. The smallest absolute Gasteiger partial charge is 0.457 e. The molecule has 0 aliphatic heterocycles. The minimum atomic E-state index is -0.646. The van der Waals surface area contributed by atoms with Crippen molar-refractivity contribution >= 4 is 5.95 Å². The lowest BCUT2D eigenvalue weighted by molar-refractivity contribution is -0.394. The number of benzene rings is 2. The van der Waals surface area contributed by atoms with Crippen molar-refractivity contribution in [2.24, 2.45) is 0 Å². The van der Waals surface area contributed by atoms with Crippen LogP contribution >= 0.6 is 0 Å². The van der Waals surface area contributed by atoms with Gasteiger partial charge >= 0.3 is 5.95 Å². The summed E-state index contributed by atoms with van der Waals surface area (Å²) in [5.74, 6) is 1.02. The third-order valence-corrected chi connectivity index (χ3v) is 3.63. The lowest BCUT2D eigenvalue weighted by Gasteiger charge is -2.06. The zero-order valence-corrected chi connectivity index (χ0v) is 13.9. The summed E-state index contributed by atoms with van der Waals surface area (Å²) in [6, 6.07) is 16.9. The molecule has 10 nitrogen and oxygen atoms in total. The lowest BCUT2D eigenvalue weighted by Crippen LogP contribution is -2.01. The minimum absolute atomic E-state index is 0.232. The normalized spacial score (nSPS) is 10.7. The van der Waals surface area contributed by atoms with Crippen molar-refractivity contribution in [3.05, 3.63) is 82.9 Å². The van der Waals surface area contributed by atoms with Gasteiger partial charge in [-0.3, -0.25) is 0 Å². The number of nitro groups is 1. The van der Waals surface area contributed by atoms with Crippen LogP contribution in [0, 0.1) is 10.1 Å². The molecule has 27 heavy (non-hydrogen) atoms. The molecule has 0 fully saturated rings. The first-order valence-electron chi connectivity index (χ1n) is 7.96. The highest BCUT2D eigenvalue weighted by Crippen LogP contribution is 2.22. The molecule has 4 rings (SSSR count). The fraction of sp³-hybridized carbons (Fsp3) is 0.0588. The summed E-state index contributed by atoms with van der Waals surface area (Å²) < 4.78 is 8.70. The molecule has 134 valence electrons. The number of nitrogens with zero attached hydrogens (tertiary/aromatic N) is 7. The lowest BCUT2D eigenvalue weighted by atomic mass is 10.3. The van der Waals surface area contributed by atoms with Crippen LogP contribution in [0.15, 0.2) is 67.1 Å². The van der Waals surface area contributed by atoms with Crippen LogP contribution < -0.4 is 4.74 Å². The zero-order chi connectivity index (χ0) is 18.6. The summed E-state index contributed by atoms with van der Waals surface area (Å²) in [6.45, 7) is 0.232. The molecule has 0 bridgehead atoms. The Hall–Kier alpha value is -4.08. The van der Waals surface area contributed by atoms with Gasteiger partial charge in [-0.1, -0.05) is 28.4 Å². The van der Waals surface area contributed by atoms with E-state index < -0.39 is 10.9 Å². The summed E-state index contributed by atoms with van der Waals surface area (Å²) in [5, 5.41) is 22.5. The highest BCUT2D eigenvalue weighted by atomic mass is 16.6. The van der Waals surface area contributed by atoms with Gasteiger partial charge in [-0.15, -0.1) is 5.10 Å². The maximum Gasteiger partial charge on any atom is 0.490 e. The molecule has 0 radical (unpaired) electrons. The average Bonchev–Trinajstić information content (AvgIpc) is 3.34. The Kier molecular flexibility index (Phi) is 4.27. The predicted octanol–water partition coefficient (Wildman–Crippen LogP) is 2.61. The van der Waals surface area contributed by atoms with Crippen molar-refractivity contribution in [3.8, 4) is 17.2 Å². The second kappa shape index (κ2) is 7.04. The Labute approximate surface area is 152 Å². The summed E-state index contributed by atoms with van der Waals surface area (Å²) in [6.07, 6.45) is 3.01. The molecule has 0 unspecified atom stereocenters. The van der Waals surface area contributed by atoms with E-state index in [0.29, 0.717) is 11.4 Å². The minimum Gasteiger partial charge on any atom is -0.457 e. The summed E-state index contributed by atoms with van der Waals surface area (Å²) in [7, 11) is 0. The molecule has 2 heterocycles. The monoisotopic (exact) mass is 363 g/mol. The zero-order valence-electron chi connectivity index (χ0n) is 13.9. The first kappa shape index (κ1) is 16.4. The van der Waals surface area contributed by atoms with Gasteiger partial charge in [0.2, 0.25) is 6.33 Å². The number of aromatic nitrogens is 6. The van der Waals surface area contributed by atoms with E-state index in [9.17, 15) is 10.1 Å². The Morgan fingerprint density at radius 1 is 1.04 bits per heavy atom. The van der Waals surface area contributed by atoms with E-state index in [1.807, 2.05) is 54.6 Å². The van der Waals surface area contributed by atoms with E-state index in [-0.39, 0.29) is 6.54 Å². The Morgan fingerprint density at radius 3 is 2.48 bits per heavy atom. The highest BCUT2D eigenvalue weighted by molar-refractivity contribution is 5.39. The second-order valence-electron chi connectivity index (χ2n) is 5.56. The molecule has 0 saturated heterocycles. The van der Waals surface area contributed by atoms with Gasteiger partial charge in [0.05, 0.1) is 11.9 Å². The Morgan fingerprint density at radius 2 is 1.78 bits per heavy atom. The number of hydrogen-bond acceptors (Lipinski definition) is 7. The number of ether oxygens (including phenoxy) is 1. The van der Waals surface area contributed by atoms with E-state index in [2.05, 4.69) is 20.4 Å². The molecular weight excluding hydrogens is 350 g/mol. The first-order valence-corrected chi connectivity index (χ1v) is 7.96. The molecule has 0 N–H and O–H groups in total. The summed E-state index contributed by atoms with van der Waals surface area (Å²) in [4.78, 5) is 13.6. The largest absolute Gasteiger partial charge is 0.490 e. The second-order valence-corrected chi connectivity index (χ2v) is 5.56. The maximum absolute atomic E-state index is 10.6. The molecular formula is C17H13N7O3. The average molecular weight is 363 g/mol. The van der Waals surface area contributed by atoms with Crippen LogP contribution in [0.1, 0.15) is 5.69 Å². The van der Waals surface area contributed by atoms with Crippen LogP contribution in [0.4, 0.5) is 5.95 Å². The van der Waals surface area contributed by atoms with Gasteiger partial charge in [-0.25, -0.2) is 4.68 Å². The quantitative estimate of drug-likeness (QED) is 0.382. The summed E-state index contributed by atoms with van der Waals surface area (Å²) >= 11 is 0. The van der Waals surface area contributed by atoms with Gasteiger partial charge in [-0.2, -0.15) is 4.68 Å². The molecule has 0 saturated carbocycles. The predicted molar refractivity (Wildman–Crippen MR) is 93.7 cm³/mol. The van der Waals surface area contributed by atoms with Gasteiger partial charge in [0.1, 0.15) is 23.7 Å². The Bertz CT molecular complexity index is 1060. The molecule has 0 spiro atoms. The molecule has 0 aliphatic rings. The van der Waals surface area contributed by atoms with Crippen molar-refractivity contribution in [2.45, 2.75) is 6.54 Å².